The molecule has 1 saturated carbocycles. The Labute approximate surface area is 236 Å². The number of oxazole rings is 1. The molecule has 2 aromatic carbocycles. The van der Waals surface area contributed by atoms with E-state index in [0.29, 0.717) is 34.4 Å². The van der Waals surface area contributed by atoms with E-state index < -0.39 is 6.09 Å². The number of benzene rings is 2. The summed E-state index contributed by atoms with van der Waals surface area (Å²) in [7, 11) is 1.33. The maximum Gasteiger partial charge on any atom is 0.411 e. The molecule has 1 aliphatic heterocycles. The molecular formula is C31H27ClN4O4. The van der Waals surface area contributed by atoms with Crippen LogP contribution in [0.3, 0.4) is 0 Å². The second kappa shape index (κ2) is 11.0. The van der Waals surface area contributed by atoms with E-state index in [-0.39, 0.29) is 5.92 Å². The molecular weight excluding hydrogens is 528 g/mol. The van der Waals surface area contributed by atoms with Gasteiger partial charge in [0.05, 0.1) is 13.0 Å². The second-order valence-corrected chi connectivity index (χ2v) is 10.5. The number of aliphatic imine (C=N–C) groups is 1. The number of amides is 1. The average molecular weight is 555 g/mol. The molecule has 202 valence electrons. The van der Waals surface area contributed by atoms with E-state index in [2.05, 4.69) is 15.0 Å². The van der Waals surface area contributed by atoms with Gasteiger partial charge in [-0.25, -0.2) is 9.78 Å². The lowest BCUT2D eigenvalue weighted by atomic mass is 9.88. The minimum Gasteiger partial charge on any atom is -0.618 e. The van der Waals surface area contributed by atoms with Crippen LogP contribution in [0.5, 0.6) is 0 Å². The number of methoxy groups -OCH3 is 1. The van der Waals surface area contributed by atoms with Crippen molar-refractivity contribution < 1.29 is 18.7 Å². The molecule has 1 aliphatic carbocycles. The number of anilines is 1. The number of halogens is 1. The topological polar surface area (TPSA) is 104 Å². The molecule has 1 unspecified atom stereocenters. The molecule has 0 spiro atoms. The highest BCUT2D eigenvalue weighted by Gasteiger charge is 2.34. The van der Waals surface area contributed by atoms with Crippen LogP contribution in [0.1, 0.15) is 42.9 Å². The number of nitrogens with one attached hydrogen (secondary N) is 1. The lowest BCUT2D eigenvalue weighted by molar-refractivity contribution is -0.614. The molecule has 1 amide bonds. The van der Waals surface area contributed by atoms with Crippen molar-refractivity contribution in [3.8, 4) is 22.4 Å². The van der Waals surface area contributed by atoms with Gasteiger partial charge in [-0.3, -0.25) is 10.3 Å². The predicted octanol–water partition coefficient (Wildman–Crippen LogP) is 7.24. The van der Waals surface area contributed by atoms with Crippen molar-refractivity contribution in [1.82, 2.24) is 4.98 Å². The van der Waals surface area contributed by atoms with E-state index in [1.807, 2.05) is 54.7 Å². The van der Waals surface area contributed by atoms with Crippen LogP contribution in [0.25, 0.3) is 28.0 Å². The Balaban J connectivity index is 1.25. The molecule has 9 heteroatoms. The normalized spacial score (nSPS) is 15.3. The number of pyridine rings is 1. The van der Waals surface area contributed by atoms with Crippen LogP contribution >= 0.6 is 11.6 Å². The van der Waals surface area contributed by atoms with E-state index in [9.17, 15) is 10.0 Å². The minimum absolute atomic E-state index is 0.0811. The highest BCUT2D eigenvalue weighted by atomic mass is 35.5. The molecule has 4 aromatic rings. The summed E-state index contributed by atoms with van der Waals surface area (Å²) < 4.78 is 10.8. The fraction of sp³-hybridized carbons (Fsp3) is 0.226. The Kier molecular flexibility index (Phi) is 7.09. The molecule has 3 heterocycles. The zero-order chi connectivity index (χ0) is 27.6. The summed E-state index contributed by atoms with van der Waals surface area (Å²) in [5, 5.41) is 16.8. The largest absolute Gasteiger partial charge is 0.618 e. The van der Waals surface area contributed by atoms with E-state index in [0.717, 1.165) is 44.7 Å². The number of carbonyl (C=O) groups is 1. The first-order valence-electron chi connectivity index (χ1n) is 13.1. The number of rotatable bonds is 8. The second-order valence-electron chi connectivity index (χ2n) is 10.1. The van der Waals surface area contributed by atoms with Crippen molar-refractivity contribution in [1.29, 1.82) is 0 Å². The molecule has 0 saturated heterocycles. The molecule has 1 fully saturated rings. The molecule has 0 radical (unpaired) electrons. The lowest BCUT2D eigenvalue weighted by Gasteiger charge is -2.18. The molecule has 40 heavy (non-hydrogen) atoms. The van der Waals surface area contributed by atoms with Gasteiger partial charge >= 0.3 is 6.09 Å². The molecule has 2 aromatic heterocycles. The zero-order valence-corrected chi connectivity index (χ0v) is 22.6. The van der Waals surface area contributed by atoms with Gasteiger partial charge in [-0.1, -0.05) is 42.6 Å². The van der Waals surface area contributed by atoms with Crippen LogP contribution in [0.4, 0.5) is 10.5 Å². The van der Waals surface area contributed by atoms with E-state index in [1.54, 1.807) is 18.5 Å². The maximum absolute atomic E-state index is 13.5. The van der Waals surface area contributed by atoms with Crippen LogP contribution in [-0.2, 0) is 4.74 Å². The lowest BCUT2D eigenvalue weighted by Crippen LogP contribution is -2.35. The van der Waals surface area contributed by atoms with Gasteiger partial charge in [0.1, 0.15) is 12.0 Å². The summed E-state index contributed by atoms with van der Waals surface area (Å²) in [5.74, 6) is 0.522. The number of carbonyl (C=O) groups excluding carboxylic acids is 1. The van der Waals surface area contributed by atoms with Crippen LogP contribution in [0, 0.1) is 11.1 Å². The summed E-state index contributed by atoms with van der Waals surface area (Å²) in [5.41, 5.74) is 7.49. The van der Waals surface area contributed by atoms with Crippen LogP contribution < -0.4 is 10.0 Å². The number of hydrogen-bond acceptors (Lipinski definition) is 6. The van der Waals surface area contributed by atoms with Gasteiger partial charge in [0, 0.05) is 46.2 Å². The molecule has 8 nitrogen and oxygen atoms in total. The number of aromatic nitrogens is 2. The van der Waals surface area contributed by atoms with Crippen molar-refractivity contribution >= 4 is 34.7 Å². The minimum atomic E-state index is -0.511. The SMILES string of the molecule is COC(=O)Nc1ccc(C2=CN=C(C(CC3CC3)c3ccc(-c4cc(Cl)ccc4-c4cocn4)c[n+]3[O-])C2)cc1. The maximum atomic E-state index is 13.5. The smallest absolute Gasteiger partial charge is 0.411 e. The summed E-state index contributed by atoms with van der Waals surface area (Å²) in [6.45, 7) is 0. The Bertz CT molecular complexity index is 1610. The Morgan fingerprint density at radius 1 is 1.15 bits per heavy atom. The standard InChI is InChI=1S/C31H27ClN4O4/c1-39-31(37)35-24-8-4-20(5-9-24)22-13-28(33-15-22)27(12-19-2-3-19)30-11-6-21(16-36(30)38)26-14-23(32)7-10-25(26)29-17-40-18-34-29/h4-11,14-19,27H,2-3,12-13H2,1H3,(H,35,37). The van der Waals surface area contributed by atoms with Gasteiger partial charge < -0.3 is 14.4 Å². The number of ether oxygens (including phenoxy) is 1. The fourth-order valence-corrected chi connectivity index (χ4v) is 5.31. The van der Waals surface area contributed by atoms with Crippen molar-refractivity contribution in [3.05, 3.63) is 101 Å². The monoisotopic (exact) mass is 554 g/mol. The van der Waals surface area contributed by atoms with Crippen LogP contribution in [-0.4, -0.2) is 23.9 Å². The Hall–Kier alpha value is -4.43. The predicted molar refractivity (Wildman–Crippen MR) is 154 cm³/mol. The first-order chi connectivity index (χ1) is 19.5. The first kappa shape index (κ1) is 25.8. The zero-order valence-electron chi connectivity index (χ0n) is 21.8. The number of nitrogens with zero attached hydrogens (tertiary/aromatic N) is 3. The summed E-state index contributed by atoms with van der Waals surface area (Å²) in [6, 6.07) is 17.0. The highest BCUT2D eigenvalue weighted by Crippen LogP contribution is 2.41. The van der Waals surface area contributed by atoms with Gasteiger partial charge in [-0.15, -0.1) is 0 Å². The molecule has 1 atom stereocenters. The Morgan fingerprint density at radius 3 is 2.65 bits per heavy atom. The number of allylic oxidation sites excluding steroid dienone is 1. The van der Waals surface area contributed by atoms with Gasteiger partial charge in [0.25, 0.3) is 0 Å². The summed E-state index contributed by atoms with van der Waals surface area (Å²) >= 11 is 6.33. The van der Waals surface area contributed by atoms with Crippen LogP contribution in [0.15, 0.2) is 89.1 Å². The molecule has 2 aliphatic rings. The summed E-state index contributed by atoms with van der Waals surface area (Å²) in [4.78, 5) is 20.5. The van der Waals surface area contributed by atoms with Gasteiger partial charge in [0.15, 0.2) is 12.6 Å². The quantitative estimate of drug-likeness (QED) is 0.182. The highest BCUT2D eigenvalue weighted by molar-refractivity contribution is 6.31. The van der Waals surface area contributed by atoms with Crippen molar-refractivity contribution in [2.24, 2.45) is 10.9 Å². The van der Waals surface area contributed by atoms with Gasteiger partial charge in [-0.2, -0.15) is 4.73 Å². The molecule has 1 N–H and O–H groups in total. The third kappa shape index (κ3) is 5.49. The third-order valence-corrected chi connectivity index (χ3v) is 7.65. The summed E-state index contributed by atoms with van der Waals surface area (Å²) in [6.07, 6.45) is 9.86. The average Bonchev–Trinajstić information content (AvgIpc) is 3.39. The van der Waals surface area contributed by atoms with E-state index >= 15 is 0 Å². The van der Waals surface area contributed by atoms with Crippen molar-refractivity contribution in [2.45, 2.75) is 31.6 Å². The third-order valence-electron chi connectivity index (χ3n) is 7.42. The molecule has 6 rings (SSSR count). The van der Waals surface area contributed by atoms with Crippen LogP contribution in [0.2, 0.25) is 5.02 Å². The van der Waals surface area contributed by atoms with E-state index in [4.69, 9.17) is 21.0 Å². The Morgan fingerprint density at radius 2 is 1.95 bits per heavy atom. The first-order valence-corrected chi connectivity index (χ1v) is 13.5. The van der Waals surface area contributed by atoms with Gasteiger partial charge in [0.2, 0.25) is 5.69 Å². The van der Waals surface area contributed by atoms with Gasteiger partial charge in [-0.05, 0) is 59.4 Å². The fourth-order valence-electron chi connectivity index (χ4n) is 5.13. The van der Waals surface area contributed by atoms with Crippen molar-refractivity contribution in [2.75, 3.05) is 12.4 Å². The van der Waals surface area contributed by atoms with E-state index in [1.165, 1.54) is 26.3 Å². The molecule has 0 bridgehead atoms. The van der Waals surface area contributed by atoms with Crippen molar-refractivity contribution in [3.63, 3.8) is 0 Å². The number of hydrogen-bond donors (Lipinski definition) is 1.